The molecule has 0 aromatic heterocycles. The van der Waals surface area contributed by atoms with E-state index >= 15 is 0 Å². The quantitative estimate of drug-likeness (QED) is 0.156. The molecule has 10 nitrogen and oxygen atoms in total. The molecule has 1 spiro atoms. The predicted octanol–water partition coefficient (Wildman–Crippen LogP) is 5.41. The number of likely N-dealkylation sites (N-methyl/N-ethyl adjacent to an activating group) is 1. The van der Waals surface area contributed by atoms with Crippen LogP contribution in [0.1, 0.15) is 61.4 Å². The number of hydrogen-bond donors (Lipinski definition) is 1. The van der Waals surface area contributed by atoms with Crippen LogP contribution in [0, 0.1) is 11.8 Å². The molecule has 3 saturated heterocycles. The predicted molar refractivity (Wildman–Crippen MR) is 200 cm³/mol. The summed E-state index contributed by atoms with van der Waals surface area (Å²) in [6.45, 7) is 9.49. The highest BCUT2D eigenvalue weighted by Gasteiger charge is 2.76. The van der Waals surface area contributed by atoms with Gasteiger partial charge in [0, 0.05) is 26.6 Å². The van der Waals surface area contributed by atoms with Gasteiger partial charge in [0.1, 0.15) is 17.7 Å². The zero-order valence-electron chi connectivity index (χ0n) is 30.5. The van der Waals surface area contributed by atoms with Gasteiger partial charge in [0.05, 0.1) is 36.6 Å². The van der Waals surface area contributed by atoms with E-state index in [1.807, 2.05) is 97.9 Å². The Morgan fingerprint density at radius 2 is 1.60 bits per heavy atom. The Balaban J connectivity index is 1.38. The highest BCUT2D eigenvalue weighted by Crippen LogP contribution is 2.60. The lowest BCUT2D eigenvalue weighted by Gasteiger charge is -2.39. The summed E-state index contributed by atoms with van der Waals surface area (Å²) < 4.78 is 13.1. The summed E-state index contributed by atoms with van der Waals surface area (Å²) in [4.78, 5) is 62.3. The number of hydrogen-bond acceptors (Lipinski definition) is 7. The number of aliphatic hydroxyl groups excluding tert-OH is 1. The number of esters is 1. The van der Waals surface area contributed by atoms with Gasteiger partial charge >= 0.3 is 5.97 Å². The first-order valence-electron chi connectivity index (χ1n) is 18.4. The number of carbonyl (C=O) groups is 4. The molecule has 1 N–H and O–H groups in total. The fourth-order valence-corrected chi connectivity index (χ4v) is 8.49. The molecule has 0 unspecified atom stereocenters. The summed E-state index contributed by atoms with van der Waals surface area (Å²) in [5.41, 5.74) is 0.938. The first-order valence-corrected chi connectivity index (χ1v) is 18.4. The summed E-state index contributed by atoms with van der Waals surface area (Å²) in [5.74, 6) is -3.55. The van der Waals surface area contributed by atoms with E-state index in [0.717, 1.165) is 5.56 Å². The number of benzene rings is 3. The number of aliphatic hydroxyl groups is 1. The van der Waals surface area contributed by atoms with E-state index in [0.29, 0.717) is 30.4 Å². The lowest BCUT2D eigenvalue weighted by molar-refractivity contribution is -0.165. The van der Waals surface area contributed by atoms with Crippen molar-refractivity contribution >= 4 is 23.7 Å². The lowest BCUT2D eigenvalue weighted by Crippen LogP contribution is -2.57. The second-order valence-corrected chi connectivity index (χ2v) is 14.2. The molecule has 2 bridgehead atoms. The average Bonchev–Trinajstić information content (AvgIpc) is 3.84. The molecule has 53 heavy (non-hydrogen) atoms. The van der Waals surface area contributed by atoms with E-state index < -0.39 is 66.3 Å². The van der Waals surface area contributed by atoms with Crippen molar-refractivity contribution in [3.8, 4) is 0 Å². The van der Waals surface area contributed by atoms with Gasteiger partial charge in [-0.25, -0.2) is 0 Å². The standard InChI is InChI=1S/C43H49N3O7/c1-5-7-23-35(48)44(4)29(3)38(32-21-15-10-16-22-32)52-42(51)36-34-24-25-43(53-34)37(36)40(49)46(33(28-47)31-19-13-9-14-20-31)39(43)41(50)45(26-6-2)27-30-17-11-8-12-18-30/h5-6,8-22,29,33-34,36-39,47H,1-2,7,23-28H2,3-4H3/t29-,33+,34+,36-,37-,38+,39+,43-/m0/s1. The fraction of sp³-hybridized carbons (Fsp3) is 0.395. The van der Waals surface area contributed by atoms with Crippen LogP contribution in [0.3, 0.4) is 0 Å². The fourth-order valence-electron chi connectivity index (χ4n) is 8.49. The molecule has 6 rings (SSSR count). The highest BCUT2D eigenvalue weighted by molar-refractivity contribution is 5.98. The van der Waals surface area contributed by atoms with Crippen molar-refractivity contribution in [1.29, 1.82) is 0 Å². The van der Waals surface area contributed by atoms with E-state index in [-0.39, 0.29) is 31.3 Å². The van der Waals surface area contributed by atoms with Crippen molar-refractivity contribution in [3.05, 3.63) is 133 Å². The topological polar surface area (TPSA) is 117 Å². The van der Waals surface area contributed by atoms with Crippen LogP contribution in [0.4, 0.5) is 0 Å². The smallest absolute Gasteiger partial charge is 0.313 e. The van der Waals surface area contributed by atoms with Crippen molar-refractivity contribution in [1.82, 2.24) is 14.7 Å². The molecule has 3 aromatic rings. The normalized spacial score (nSPS) is 24.5. The van der Waals surface area contributed by atoms with Gasteiger partial charge in [-0.3, -0.25) is 19.2 Å². The third-order valence-corrected chi connectivity index (χ3v) is 11.2. The van der Waals surface area contributed by atoms with Gasteiger partial charge < -0.3 is 29.3 Å². The van der Waals surface area contributed by atoms with Gasteiger partial charge in [-0.2, -0.15) is 0 Å². The van der Waals surface area contributed by atoms with E-state index in [9.17, 15) is 24.3 Å². The number of rotatable bonds is 16. The van der Waals surface area contributed by atoms with Gasteiger partial charge in [-0.05, 0) is 42.9 Å². The van der Waals surface area contributed by atoms with Gasteiger partial charge in [0.15, 0.2) is 0 Å². The van der Waals surface area contributed by atoms with Crippen molar-refractivity contribution in [2.75, 3.05) is 20.2 Å². The van der Waals surface area contributed by atoms with E-state index in [4.69, 9.17) is 9.47 Å². The Hall–Kier alpha value is -5.06. The first kappa shape index (κ1) is 37.7. The van der Waals surface area contributed by atoms with E-state index in [1.54, 1.807) is 29.0 Å². The molecular formula is C43H49N3O7. The molecule has 3 amide bonds. The maximum Gasteiger partial charge on any atom is 0.313 e. The van der Waals surface area contributed by atoms with Crippen LogP contribution in [0.2, 0.25) is 0 Å². The van der Waals surface area contributed by atoms with E-state index in [2.05, 4.69) is 13.2 Å². The first-order chi connectivity index (χ1) is 25.7. The molecule has 8 atom stereocenters. The molecular weight excluding hydrogens is 670 g/mol. The molecule has 0 radical (unpaired) electrons. The van der Waals surface area contributed by atoms with Gasteiger partial charge in [-0.15, -0.1) is 13.2 Å². The monoisotopic (exact) mass is 719 g/mol. The minimum absolute atomic E-state index is 0.116. The molecule has 3 fully saturated rings. The van der Waals surface area contributed by atoms with Crippen LogP contribution in [0.25, 0.3) is 0 Å². The average molecular weight is 720 g/mol. The number of fused-ring (bicyclic) bond motifs is 1. The number of carbonyl (C=O) groups excluding carboxylic acids is 4. The summed E-state index contributed by atoms with van der Waals surface area (Å²) in [7, 11) is 1.69. The number of amides is 3. The summed E-state index contributed by atoms with van der Waals surface area (Å²) in [5, 5.41) is 10.9. The van der Waals surface area contributed by atoms with Crippen molar-refractivity contribution in [3.63, 3.8) is 0 Å². The zero-order valence-corrected chi connectivity index (χ0v) is 30.5. The number of nitrogens with zero attached hydrogens (tertiary/aromatic N) is 3. The second-order valence-electron chi connectivity index (χ2n) is 14.2. The Morgan fingerprint density at radius 3 is 2.21 bits per heavy atom. The van der Waals surface area contributed by atoms with Gasteiger partial charge in [-0.1, -0.05) is 103 Å². The molecule has 3 aliphatic rings. The van der Waals surface area contributed by atoms with Crippen LogP contribution in [-0.2, 0) is 35.2 Å². The van der Waals surface area contributed by atoms with Crippen molar-refractivity contribution < 1.29 is 33.8 Å². The maximum atomic E-state index is 15.0. The van der Waals surface area contributed by atoms with Crippen molar-refractivity contribution in [2.24, 2.45) is 11.8 Å². The summed E-state index contributed by atoms with van der Waals surface area (Å²) >= 11 is 0. The van der Waals surface area contributed by atoms with Crippen LogP contribution in [-0.4, -0.2) is 87.5 Å². The SMILES string of the molecule is C=CCCC(=O)N(C)[C@@H](C)[C@@H](OC(=O)[C@@H]1[C@H]2C(=O)N([C@H](CO)c3ccccc3)[C@H](C(=O)N(CC=C)Cc3ccccc3)[C@]23CC[C@H]1O3)c1ccccc1. The van der Waals surface area contributed by atoms with Gasteiger partial charge in [0.2, 0.25) is 17.7 Å². The third kappa shape index (κ3) is 7.18. The number of allylic oxidation sites excluding steroid dienone is 1. The molecule has 0 saturated carbocycles. The van der Waals surface area contributed by atoms with Crippen LogP contribution in [0.15, 0.2) is 116 Å². The molecule has 10 heteroatoms. The number of ether oxygens (including phenoxy) is 2. The summed E-state index contributed by atoms with van der Waals surface area (Å²) in [6.07, 6.45) is 3.45. The summed E-state index contributed by atoms with van der Waals surface area (Å²) in [6, 6.07) is 25.4. The van der Waals surface area contributed by atoms with Crippen molar-refractivity contribution in [2.45, 2.75) is 75.1 Å². The maximum absolute atomic E-state index is 15.0. The van der Waals surface area contributed by atoms with Crippen LogP contribution in [0.5, 0.6) is 0 Å². The molecule has 0 aliphatic carbocycles. The molecule has 3 aromatic carbocycles. The lowest BCUT2D eigenvalue weighted by atomic mass is 9.70. The molecule has 3 aliphatic heterocycles. The molecule has 3 heterocycles. The van der Waals surface area contributed by atoms with Crippen LogP contribution < -0.4 is 0 Å². The second kappa shape index (κ2) is 16.3. The largest absolute Gasteiger partial charge is 0.455 e. The Kier molecular flexibility index (Phi) is 11.6. The molecule has 278 valence electrons. The van der Waals surface area contributed by atoms with E-state index in [1.165, 1.54) is 4.90 Å². The Morgan fingerprint density at radius 1 is 0.981 bits per heavy atom. The third-order valence-electron chi connectivity index (χ3n) is 11.2. The van der Waals surface area contributed by atoms with Gasteiger partial charge in [0.25, 0.3) is 0 Å². The highest BCUT2D eigenvalue weighted by atomic mass is 16.6. The number of likely N-dealkylation sites (tertiary alicyclic amines) is 1. The van der Waals surface area contributed by atoms with Crippen LogP contribution >= 0.6 is 0 Å². The minimum Gasteiger partial charge on any atom is -0.455 e. The zero-order chi connectivity index (χ0) is 37.7. The Bertz CT molecular complexity index is 1790. The Labute approximate surface area is 311 Å². The minimum atomic E-state index is -1.33.